The van der Waals surface area contributed by atoms with Crippen molar-refractivity contribution in [2.24, 2.45) is 5.10 Å². The molecule has 1 saturated heterocycles. The van der Waals surface area contributed by atoms with Crippen molar-refractivity contribution in [3.8, 4) is 0 Å². The predicted molar refractivity (Wildman–Crippen MR) is 137 cm³/mol. The Kier molecular flexibility index (Phi) is 5.68. The number of carbonyl (C=O) groups is 1. The lowest BCUT2D eigenvalue weighted by Gasteiger charge is -2.33. The molecule has 1 N–H and O–H groups in total. The molecule has 0 unspecified atom stereocenters. The maximum absolute atomic E-state index is 13.4. The molecule has 0 radical (unpaired) electrons. The van der Waals surface area contributed by atoms with E-state index in [4.69, 9.17) is 5.10 Å². The van der Waals surface area contributed by atoms with E-state index < -0.39 is 0 Å². The number of benzene rings is 1. The van der Waals surface area contributed by atoms with Crippen LogP contribution < -0.4 is 5.69 Å². The van der Waals surface area contributed by atoms with E-state index in [1.54, 1.807) is 27.7 Å². The van der Waals surface area contributed by atoms with Crippen LogP contribution in [0, 0.1) is 0 Å². The summed E-state index contributed by atoms with van der Waals surface area (Å²) in [5.74, 6) is 0.0349. The topological polar surface area (TPSA) is 73.7 Å². The first-order chi connectivity index (χ1) is 16.7. The van der Waals surface area contributed by atoms with E-state index in [0.29, 0.717) is 6.54 Å². The molecule has 6 rings (SSSR count). The molecule has 1 fully saturated rings. The molecule has 2 aliphatic rings. The van der Waals surface area contributed by atoms with Crippen LogP contribution in [0.5, 0.6) is 0 Å². The van der Waals surface area contributed by atoms with E-state index in [2.05, 4.69) is 27.4 Å². The lowest BCUT2D eigenvalue weighted by Crippen LogP contribution is -2.43. The van der Waals surface area contributed by atoms with Gasteiger partial charge in [0.2, 0.25) is 0 Å². The first kappa shape index (κ1) is 21.5. The van der Waals surface area contributed by atoms with E-state index in [9.17, 15) is 9.59 Å². The molecule has 2 aliphatic heterocycles. The fourth-order valence-electron chi connectivity index (χ4n) is 5.07. The van der Waals surface area contributed by atoms with E-state index in [1.807, 2.05) is 46.3 Å². The second-order valence-electron chi connectivity index (χ2n) is 8.82. The van der Waals surface area contributed by atoms with Crippen LogP contribution in [-0.2, 0) is 4.79 Å². The van der Waals surface area contributed by atoms with Crippen LogP contribution in [0.25, 0.3) is 11.0 Å². The van der Waals surface area contributed by atoms with Crippen molar-refractivity contribution >= 4 is 45.3 Å². The Labute approximate surface area is 204 Å². The second kappa shape index (κ2) is 8.98. The highest BCUT2D eigenvalue weighted by Gasteiger charge is 2.35. The number of nitrogens with zero attached hydrogens (tertiary/aromatic N) is 4. The molecule has 1 atom stereocenters. The number of hydrogen-bond donors (Lipinski definition) is 1. The van der Waals surface area contributed by atoms with Crippen molar-refractivity contribution in [3.05, 3.63) is 79.5 Å². The lowest BCUT2D eigenvalue weighted by atomic mass is 10.0. The molecule has 3 aromatic heterocycles. The number of rotatable bonds is 5. The van der Waals surface area contributed by atoms with E-state index in [-0.39, 0.29) is 23.7 Å². The average molecular weight is 492 g/mol. The first-order valence-electron chi connectivity index (χ1n) is 11.6. The number of imidazole rings is 1. The second-order valence-corrected chi connectivity index (χ2v) is 10.7. The largest absolute Gasteiger partial charge is 0.326 e. The van der Waals surface area contributed by atoms with Crippen molar-refractivity contribution in [3.63, 3.8) is 0 Å². The van der Waals surface area contributed by atoms with Crippen LogP contribution in [0.1, 0.15) is 41.1 Å². The van der Waals surface area contributed by atoms with Crippen LogP contribution in [0.15, 0.2) is 69.2 Å². The Bertz CT molecular complexity index is 1380. The lowest BCUT2D eigenvalue weighted by molar-refractivity contribution is -0.134. The van der Waals surface area contributed by atoms with Gasteiger partial charge in [-0.05, 0) is 47.9 Å². The van der Waals surface area contributed by atoms with Gasteiger partial charge in [-0.25, -0.2) is 9.80 Å². The molecule has 0 aliphatic carbocycles. The van der Waals surface area contributed by atoms with E-state index >= 15 is 0 Å². The number of aromatic nitrogens is 2. The summed E-state index contributed by atoms with van der Waals surface area (Å²) in [6, 6.07) is 16.1. The zero-order valence-electron chi connectivity index (χ0n) is 18.6. The smallest absolute Gasteiger partial charge is 0.306 e. The number of piperidine rings is 1. The maximum Gasteiger partial charge on any atom is 0.326 e. The summed E-state index contributed by atoms with van der Waals surface area (Å²) < 4.78 is 1.89. The zero-order valence-corrected chi connectivity index (χ0v) is 20.2. The fourth-order valence-corrected chi connectivity index (χ4v) is 6.60. The summed E-state index contributed by atoms with van der Waals surface area (Å²) in [6.07, 6.45) is 2.43. The monoisotopic (exact) mass is 491 g/mol. The first-order valence-corrected chi connectivity index (χ1v) is 13.3. The molecule has 9 heteroatoms. The van der Waals surface area contributed by atoms with Crippen LogP contribution in [0.3, 0.4) is 0 Å². The van der Waals surface area contributed by atoms with Gasteiger partial charge < -0.3 is 4.98 Å². The van der Waals surface area contributed by atoms with E-state index in [1.165, 1.54) is 4.88 Å². The van der Waals surface area contributed by atoms with Gasteiger partial charge in [0, 0.05) is 30.4 Å². The molecule has 34 heavy (non-hydrogen) atoms. The van der Waals surface area contributed by atoms with Gasteiger partial charge in [0.15, 0.2) is 0 Å². The molecule has 0 bridgehead atoms. The summed E-state index contributed by atoms with van der Waals surface area (Å²) >= 11 is 3.34. The minimum absolute atomic E-state index is 0.0349. The number of hydrazone groups is 1. The summed E-state index contributed by atoms with van der Waals surface area (Å²) in [6.45, 7) is 1.90. The number of amides is 1. The summed E-state index contributed by atoms with van der Waals surface area (Å²) in [5.41, 5.74) is 2.76. The Morgan fingerprint density at radius 3 is 2.59 bits per heavy atom. The molecule has 1 aromatic carbocycles. The highest BCUT2D eigenvalue weighted by molar-refractivity contribution is 7.12. The Balaban J connectivity index is 1.15. The standard InChI is InChI=1S/C25H25N5O2S2/c31-24(30-21(23-8-4-14-34-23)15-19(27-30)22-7-3-13-33-22)16-28-11-9-17(10-12-28)29-20-6-2-1-5-18(20)26-25(29)32/h1-8,13-14,17,21H,9-12,15-16H2,(H,26,32)/t21-/m0/s1. The van der Waals surface area contributed by atoms with Crippen LogP contribution in [0.2, 0.25) is 0 Å². The van der Waals surface area contributed by atoms with Crippen molar-refractivity contribution in [2.45, 2.75) is 31.3 Å². The number of hydrogen-bond acceptors (Lipinski definition) is 6. The third-order valence-electron chi connectivity index (χ3n) is 6.75. The van der Waals surface area contributed by atoms with Crippen LogP contribution >= 0.6 is 22.7 Å². The minimum atomic E-state index is -0.0537. The number of thiophene rings is 2. The number of H-pyrrole nitrogens is 1. The van der Waals surface area contributed by atoms with Crippen molar-refractivity contribution in [1.29, 1.82) is 0 Å². The van der Waals surface area contributed by atoms with Gasteiger partial charge in [-0.1, -0.05) is 24.3 Å². The van der Waals surface area contributed by atoms with Gasteiger partial charge in [-0.2, -0.15) is 5.10 Å². The van der Waals surface area contributed by atoms with Crippen molar-refractivity contribution in [2.75, 3.05) is 19.6 Å². The normalized spacial score (nSPS) is 19.7. The summed E-state index contributed by atoms with van der Waals surface area (Å²) in [5, 5.41) is 10.6. The van der Waals surface area contributed by atoms with Gasteiger partial charge in [0.25, 0.3) is 5.91 Å². The molecule has 5 heterocycles. The highest BCUT2D eigenvalue weighted by Crippen LogP contribution is 2.36. The van der Waals surface area contributed by atoms with E-state index in [0.717, 1.165) is 54.0 Å². The van der Waals surface area contributed by atoms with Gasteiger partial charge in [0.1, 0.15) is 0 Å². The highest BCUT2D eigenvalue weighted by atomic mass is 32.1. The Hall–Kier alpha value is -3.01. The number of aromatic amines is 1. The number of nitrogens with one attached hydrogen (secondary N) is 1. The Morgan fingerprint density at radius 2 is 1.82 bits per heavy atom. The number of carbonyl (C=O) groups excluding carboxylic acids is 1. The summed E-state index contributed by atoms with van der Waals surface area (Å²) in [4.78, 5) is 33.4. The fraction of sp³-hybridized carbons (Fsp3) is 0.320. The molecule has 4 aromatic rings. The van der Waals surface area contributed by atoms with Crippen LogP contribution in [-0.4, -0.2) is 50.7 Å². The third-order valence-corrected chi connectivity index (χ3v) is 8.64. The van der Waals surface area contributed by atoms with Crippen molar-refractivity contribution < 1.29 is 4.79 Å². The molecule has 7 nitrogen and oxygen atoms in total. The van der Waals surface area contributed by atoms with Gasteiger partial charge in [0.05, 0.1) is 34.2 Å². The molecular weight excluding hydrogens is 466 g/mol. The SMILES string of the molecule is O=C(CN1CCC(n2c(=O)[nH]c3ccccc32)CC1)N1N=C(c2cccs2)C[C@H]1c1cccs1. The number of fused-ring (bicyclic) bond motifs is 1. The van der Waals surface area contributed by atoms with Gasteiger partial charge >= 0.3 is 5.69 Å². The molecule has 0 spiro atoms. The summed E-state index contributed by atoms with van der Waals surface area (Å²) in [7, 11) is 0. The molecule has 1 amide bonds. The van der Waals surface area contributed by atoms with Crippen molar-refractivity contribution in [1.82, 2.24) is 19.5 Å². The van der Waals surface area contributed by atoms with Gasteiger partial charge in [-0.15, -0.1) is 22.7 Å². The third kappa shape index (κ3) is 3.93. The molecule has 0 saturated carbocycles. The average Bonchev–Trinajstić information content (AvgIpc) is 3.65. The maximum atomic E-state index is 13.4. The Morgan fingerprint density at radius 1 is 1.03 bits per heavy atom. The predicted octanol–water partition coefficient (Wildman–Crippen LogP) is 4.47. The quantitative estimate of drug-likeness (QED) is 0.448. The minimum Gasteiger partial charge on any atom is -0.306 e. The molecule has 174 valence electrons. The molecular formula is C25H25N5O2S2. The number of likely N-dealkylation sites (tertiary alicyclic amines) is 1. The zero-order chi connectivity index (χ0) is 23.1. The van der Waals surface area contributed by atoms with Gasteiger partial charge in [-0.3, -0.25) is 14.3 Å². The number of para-hydroxylation sites is 2. The van der Waals surface area contributed by atoms with Crippen LogP contribution in [0.4, 0.5) is 0 Å².